The Balaban J connectivity index is 1.93. The zero-order valence-electron chi connectivity index (χ0n) is 12.7. The molecule has 0 saturated heterocycles. The lowest BCUT2D eigenvalue weighted by molar-refractivity contribution is -0.145. The largest absolute Gasteiger partial charge is 0.393 e. The first-order chi connectivity index (χ1) is 10.5. The third-order valence-corrected chi connectivity index (χ3v) is 4.66. The van der Waals surface area contributed by atoms with Gasteiger partial charge in [-0.05, 0) is 37.7 Å². The molecular weight excluding hydrogens is 282 g/mol. The molecule has 22 heavy (non-hydrogen) atoms. The molecular formula is C17H25NO4. The number of hydrogen-bond donors (Lipinski definition) is 4. The van der Waals surface area contributed by atoms with Crippen molar-refractivity contribution < 1.29 is 20.2 Å². The molecule has 0 aromatic heterocycles. The molecule has 5 heteroatoms. The molecule has 2 atom stereocenters. The van der Waals surface area contributed by atoms with Crippen LogP contribution in [0.1, 0.15) is 44.1 Å². The maximum atomic E-state index is 11.9. The fourth-order valence-electron chi connectivity index (χ4n) is 3.35. The summed E-state index contributed by atoms with van der Waals surface area (Å²) in [6.45, 7) is 0. The molecule has 1 saturated carbocycles. The first-order valence-corrected chi connectivity index (χ1v) is 7.93. The van der Waals surface area contributed by atoms with Crippen LogP contribution in [0.5, 0.6) is 0 Å². The van der Waals surface area contributed by atoms with Gasteiger partial charge in [0.2, 0.25) is 5.91 Å². The maximum Gasteiger partial charge on any atom is 0.249 e. The Labute approximate surface area is 130 Å². The van der Waals surface area contributed by atoms with Crippen molar-refractivity contribution in [2.24, 2.45) is 5.92 Å². The highest BCUT2D eigenvalue weighted by atomic mass is 16.5. The number of aliphatic hydroxyl groups excluding tert-OH is 1. The Morgan fingerprint density at radius 1 is 1.23 bits per heavy atom. The molecule has 0 bridgehead atoms. The summed E-state index contributed by atoms with van der Waals surface area (Å²) in [6.07, 6.45) is 3.52. The van der Waals surface area contributed by atoms with Crippen LogP contribution in [0.4, 0.5) is 0 Å². The molecule has 0 heterocycles. The van der Waals surface area contributed by atoms with E-state index in [0.29, 0.717) is 25.7 Å². The molecule has 1 aliphatic rings. The standard InChI is InChI=1S/C17H25NO4/c19-14(9-8-13-6-2-1-3-7-13)12-15(16(20)18-22)17(21)10-4-5-11-17/h1-3,6-7,14-15,19,21-22H,4-5,8-12H2,(H,18,20)/t14-,15+/m0/s1. The van der Waals surface area contributed by atoms with Gasteiger partial charge < -0.3 is 10.2 Å². The van der Waals surface area contributed by atoms with Gasteiger partial charge in [0, 0.05) is 0 Å². The molecule has 1 aliphatic carbocycles. The fraction of sp³-hybridized carbons (Fsp3) is 0.588. The number of hydrogen-bond acceptors (Lipinski definition) is 4. The Hall–Kier alpha value is -1.43. The first-order valence-electron chi connectivity index (χ1n) is 7.93. The third kappa shape index (κ3) is 4.29. The average Bonchev–Trinajstić information content (AvgIpc) is 2.98. The average molecular weight is 307 g/mol. The molecule has 4 N–H and O–H groups in total. The van der Waals surface area contributed by atoms with Gasteiger partial charge in [-0.15, -0.1) is 0 Å². The Kier molecular flexibility index (Phi) is 5.94. The predicted molar refractivity (Wildman–Crippen MR) is 82.2 cm³/mol. The van der Waals surface area contributed by atoms with E-state index in [4.69, 9.17) is 5.21 Å². The molecule has 2 rings (SSSR count). The molecule has 1 amide bonds. The number of carbonyl (C=O) groups excluding carboxylic acids is 1. The minimum Gasteiger partial charge on any atom is -0.393 e. The number of benzene rings is 1. The molecule has 0 aliphatic heterocycles. The summed E-state index contributed by atoms with van der Waals surface area (Å²) in [5.41, 5.74) is 1.65. The van der Waals surface area contributed by atoms with E-state index < -0.39 is 23.5 Å². The second-order valence-corrected chi connectivity index (χ2v) is 6.25. The van der Waals surface area contributed by atoms with Crippen LogP contribution in [0.25, 0.3) is 0 Å². The Morgan fingerprint density at radius 3 is 2.45 bits per heavy atom. The second kappa shape index (κ2) is 7.72. The lowest BCUT2D eigenvalue weighted by Gasteiger charge is -2.32. The quantitative estimate of drug-likeness (QED) is 0.457. The lowest BCUT2D eigenvalue weighted by Crippen LogP contribution is -2.46. The summed E-state index contributed by atoms with van der Waals surface area (Å²) in [4.78, 5) is 11.9. The number of aryl methyl sites for hydroxylation is 1. The van der Waals surface area contributed by atoms with Gasteiger partial charge >= 0.3 is 0 Å². The second-order valence-electron chi connectivity index (χ2n) is 6.25. The number of amides is 1. The Bertz CT molecular complexity index is 471. The van der Waals surface area contributed by atoms with Crippen molar-refractivity contribution in [2.45, 2.75) is 56.7 Å². The molecule has 0 radical (unpaired) electrons. The number of carbonyl (C=O) groups is 1. The van der Waals surface area contributed by atoms with Crippen LogP contribution in [0.2, 0.25) is 0 Å². The van der Waals surface area contributed by atoms with Crippen LogP contribution < -0.4 is 5.48 Å². The maximum absolute atomic E-state index is 11.9. The number of aliphatic hydroxyl groups is 2. The van der Waals surface area contributed by atoms with Crippen LogP contribution in [0.3, 0.4) is 0 Å². The first kappa shape index (κ1) is 16.9. The zero-order valence-corrected chi connectivity index (χ0v) is 12.7. The molecule has 1 fully saturated rings. The summed E-state index contributed by atoms with van der Waals surface area (Å²) < 4.78 is 0. The van der Waals surface area contributed by atoms with Crippen molar-refractivity contribution in [2.75, 3.05) is 0 Å². The fourth-order valence-corrected chi connectivity index (χ4v) is 3.35. The minimum atomic E-state index is -1.11. The monoisotopic (exact) mass is 307 g/mol. The molecule has 5 nitrogen and oxygen atoms in total. The number of rotatable bonds is 7. The summed E-state index contributed by atoms with van der Waals surface area (Å²) in [7, 11) is 0. The molecule has 122 valence electrons. The van der Waals surface area contributed by atoms with E-state index in [9.17, 15) is 15.0 Å². The summed E-state index contributed by atoms with van der Waals surface area (Å²) in [5.74, 6) is -1.38. The predicted octanol–water partition coefficient (Wildman–Crippen LogP) is 1.80. The highest BCUT2D eigenvalue weighted by Gasteiger charge is 2.44. The van der Waals surface area contributed by atoms with Gasteiger partial charge in [0.15, 0.2) is 0 Å². The van der Waals surface area contributed by atoms with Gasteiger partial charge in [0.05, 0.1) is 17.6 Å². The normalized spacial score (nSPS) is 19.6. The van der Waals surface area contributed by atoms with Crippen LogP contribution >= 0.6 is 0 Å². The number of hydroxylamine groups is 1. The molecule has 0 unspecified atom stereocenters. The minimum absolute atomic E-state index is 0.162. The molecule has 1 aromatic rings. The van der Waals surface area contributed by atoms with Crippen molar-refractivity contribution in [3.8, 4) is 0 Å². The van der Waals surface area contributed by atoms with Crippen LogP contribution in [-0.2, 0) is 11.2 Å². The van der Waals surface area contributed by atoms with Gasteiger partial charge in [-0.1, -0.05) is 43.2 Å². The van der Waals surface area contributed by atoms with Crippen LogP contribution in [-0.4, -0.2) is 33.0 Å². The highest BCUT2D eigenvalue weighted by molar-refractivity contribution is 5.78. The van der Waals surface area contributed by atoms with Gasteiger partial charge in [0.1, 0.15) is 0 Å². The SMILES string of the molecule is O=C(NO)[C@@H](C[C@@H](O)CCc1ccccc1)C1(O)CCCC1. The van der Waals surface area contributed by atoms with Crippen molar-refractivity contribution in [3.63, 3.8) is 0 Å². The zero-order chi connectivity index (χ0) is 16.0. The van der Waals surface area contributed by atoms with E-state index in [1.165, 1.54) is 0 Å². The van der Waals surface area contributed by atoms with Crippen molar-refractivity contribution >= 4 is 5.91 Å². The highest BCUT2D eigenvalue weighted by Crippen LogP contribution is 2.38. The summed E-state index contributed by atoms with van der Waals surface area (Å²) >= 11 is 0. The van der Waals surface area contributed by atoms with E-state index in [2.05, 4.69) is 0 Å². The van der Waals surface area contributed by atoms with Gasteiger partial charge in [-0.3, -0.25) is 10.0 Å². The van der Waals surface area contributed by atoms with E-state index in [1.54, 1.807) is 5.48 Å². The van der Waals surface area contributed by atoms with Crippen molar-refractivity contribution in [3.05, 3.63) is 35.9 Å². The molecule has 1 aromatic carbocycles. The number of nitrogens with one attached hydrogen (secondary N) is 1. The summed E-state index contributed by atoms with van der Waals surface area (Å²) in [6, 6.07) is 9.83. The van der Waals surface area contributed by atoms with E-state index in [0.717, 1.165) is 18.4 Å². The third-order valence-electron chi connectivity index (χ3n) is 4.66. The van der Waals surface area contributed by atoms with Gasteiger partial charge in [0.25, 0.3) is 0 Å². The van der Waals surface area contributed by atoms with E-state index >= 15 is 0 Å². The topological polar surface area (TPSA) is 89.8 Å². The van der Waals surface area contributed by atoms with Crippen LogP contribution in [0, 0.1) is 5.92 Å². The van der Waals surface area contributed by atoms with Crippen LogP contribution in [0.15, 0.2) is 30.3 Å². The smallest absolute Gasteiger partial charge is 0.249 e. The van der Waals surface area contributed by atoms with Crippen molar-refractivity contribution in [1.82, 2.24) is 5.48 Å². The summed E-state index contributed by atoms with van der Waals surface area (Å²) in [5, 5.41) is 29.7. The van der Waals surface area contributed by atoms with Gasteiger partial charge in [-0.2, -0.15) is 0 Å². The Morgan fingerprint density at radius 2 is 1.86 bits per heavy atom. The van der Waals surface area contributed by atoms with Crippen molar-refractivity contribution in [1.29, 1.82) is 0 Å². The van der Waals surface area contributed by atoms with E-state index in [-0.39, 0.29) is 6.42 Å². The molecule has 0 spiro atoms. The van der Waals surface area contributed by atoms with E-state index in [1.807, 2.05) is 30.3 Å². The lowest BCUT2D eigenvalue weighted by atomic mass is 9.80. The van der Waals surface area contributed by atoms with Gasteiger partial charge in [-0.25, -0.2) is 5.48 Å².